The number of carbonyl (C=O) groups excluding carboxylic acids is 3. The minimum Gasteiger partial charge on any atom is -0.462 e. The van der Waals surface area contributed by atoms with Crippen molar-refractivity contribution in [1.82, 2.24) is 0 Å². The summed E-state index contributed by atoms with van der Waals surface area (Å²) in [7, 11) is 0. The molecule has 0 spiro atoms. The van der Waals surface area contributed by atoms with Gasteiger partial charge in [0.15, 0.2) is 6.10 Å². The van der Waals surface area contributed by atoms with Gasteiger partial charge in [0.2, 0.25) is 0 Å². The van der Waals surface area contributed by atoms with E-state index in [0.717, 1.165) is 57.8 Å². The Morgan fingerprint density at radius 2 is 0.386 bits per heavy atom. The number of carbonyl (C=O) groups is 3. The molecule has 0 saturated heterocycles. The van der Waals surface area contributed by atoms with Gasteiger partial charge < -0.3 is 14.2 Å². The first-order valence-corrected chi connectivity index (χ1v) is 32.0. The van der Waals surface area contributed by atoms with Crippen molar-refractivity contribution in [3.63, 3.8) is 0 Å². The van der Waals surface area contributed by atoms with Crippen molar-refractivity contribution in [3.8, 4) is 0 Å². The van der Waals surface area contributed by atoms with Crippen LogP contribution in [-0.4, -0.2) is 37.2 Å². The van der Waals surface area contributed by atoms with Crippen molar-refractivity contribution in [2.24, 2.45) is 0 Å². The van der Waals surface area contributed by atoms with Crippen LogP contribution in [0.15, 0.2) is 0 Å². The lowest BCUT2D eigenvalue weighted by atomic mass is 10.0. The van der Waals surface area contributed by atoms with E-state index in [4.69, 9.17) is 14.2 Å². The molecule has 0 radical (unpaired) electrons. The first-order chi connectivity index (χ1) is 34.5. The largest absolute Gasteiger partial charge is 0.462 e. The first kappa shape index (κ1) is 68.4. The second-order valence-corrected chi connectivity index (χ2v) is 22.1. The Kier molecular flexibility index (Phi) is 58.6. The number of ether oxygens (including phenoxy) is 3. The highest BCUT2D eigenvalue weighted by Gasteiger charge is 2.19. The smallest absolute Gasteiger partial charge is 0.306 e. The molecule has 416 valence electrons. The summed E-state index contributed by atoms with van der Waals surface area (Å²) in [5.41, 5.74) is 0. The van der Waals surface area contributed by atoms with Crippen LogP contribution in [0.5, 0.6) is 0 Å². The Balaban J connectivity index is 3.78. The van der Waals surface area contributed by atoms with Crippen molar-refractivity contribution in [2.45, 2.75) is 380 Å². The molecule has 70 heavy (non-hydrogen) atoms. The van der Waals surface area contributed by atoms with Gasteiger partial charge in [-0.15, -0.1) is 0 Å². The second-order valence-electron chi connectivity index (χ2n) is 22.1. The quantitative estimate of drug-likeness (QED) is 0.0343. The molecule has 0 aliphatic carbocycles. The van der Waals surface area contributed by atoms with E-state index in [1.807, 2.05) is 0 Å². The molecule has 6 heteroatoms. The topological polar surface area (TPSA) is 78.9 Å². The fourth-order valence-corrected chi connectivity index (χ4v) is 10.0. The number of hydrogen-bond donors (Lipinski definition) is 0. The van der Waals surface area contributed by atoms with E-state index in [-0.39, 0.29) is 31.1 Å². The SMILES string of the molecule is CCCCCCCCCCCCCCCCCCCCCCCCCCCCCCCCCCCCCC(=O)OCC(COC(=O)CCCCCCCC)OC(=O)CCCCCCCCCCCCC. The molecule has 6 nitrogen and oxygen atoms in total. The van der Waals surface area contributed by atoms with Gasteiger partial charge in [0, 0.05) is 19.3 Å². The van der Waals surface area contributed by atoms with Crippen molar-refractivity contribution >= 4 is 17.9 Å². The lowest BCUT2D eigenvalue weighted by Crippen LogP contribution is -2.30. The highest BCUT2D eigenvalue weighted by atomic mass is 16.6. The Morgan fingerprint density at radius 3 is 0.571 bits per heavy atom. The van der Waals surface area contributed by atoms with Gasteiger partial charge >= 0.3 is 17.9 Å². The lowest BCUT2D eigenvalue weighted by Gasteiger charge is -2.18. The van der Waals surface area contributed by atoms with E-state index in [2.05, 4.69) is 20.8 Å². The van der Waals surface area contributed by atoms with Crippen LogP contribution in [0.4, 0.5) is 0 Å². The van der Waals surface area contributed by atoms with Crippen LogP contribution >= 0.6 is 0 Å². The summed E-state index contributed by atoms with van der Waals surface area (Å²) in [4.78, 5) is 37.8. The van der Waals surface area contributed by atoms with Crippen LogP contribution in [0.2, 0.25) is 0 Å². The maximum absolute atomic E-state index is 12.7. The van der Waals surface area contributed by atoms with Crippen LogP contribution in [-0.2, 0) is 28.6 Å². The minimum absolute atomic E-state index is 0.0627. The molecule has 0 aromatic carbocycles. The monoisotopic (exact) mass is 989 g/mol. The average Bonchev–Trinajstić information content (AvgIpc) is 3.36. The standard InChI is InChI=1S/C64H124O6/c1-4-7-10-13-16-18-20-21-22-23-24-25-26-27-28-29-30-31-32-33-34-35-36-37-38-39-40-41-42-43-45-46-48-51-54-57-63(66)69-60-61(59-68-62(65)56-53-50-15-12-9-6-3)70-64(67)58-55-52-49-47-44-19-17-14-11-8-5-2/h61H,4-60H2,1-3H3. The molecule has 0 N–H and O–H groups in total. The third-order valence-electron chi connectivity index (χ3n) is 14.9. The maximum Gasteiger partial charge on any atom is 0.306 e. The fourth-order valence-electron chi connectivity index (χ4n) is 10.0. The third kappa shape index (κ3) is 57.3. The van der Waals surface area contributed by atoms with Gasteiger partial charge in [-0.2, -0.15) is 0 Å². The minimum atomic E-state index is -0.759. The van der Waals surface area contributed by atoms with E-state index in [1.165, 1.54) is 276 Å². The predicted molar refractivity (Wildman–Crippen MR) is 303 cm³/mol. The van der Waals surface area contributed by atoms with Gasteiger partial charge in [-0.3, -0.25) is 14.4 Å². The van der Waals surface area contributed by atoms with Gasteiger partial charge in [-0.25, -0.2) is 0 Å². The van der Waals surface area contributed by atoms with Gasteiger partial charge in [-0.05, 0) is 19.3 Å². The predicted octanol–water partition coefficient (Wildman–Crippen LogP) is 21.5. The molecule has 0 aromatic heterocycles. The average molecular weight is 990 g/mol. The highest BCUT2D eigenvalue weighted by molar-refractivity contribution is 5.71. The number of hydrogen-bond acceptors (Lipinski definition) is 6. The van der Waals surface area contributed by atoms with Gasteiger partial charge in [0.1, 0.15) is 13.2 Å². The molecule has 0 rings (SSSR count). The summed E-state index contributed by atoms with van der Waals surface area (Å²) in [5, 5.41) is 0. The fraction of sp³-hybridized carbons (Fsp3) is 0.953. The van der Waals surface area contributed by atoms with E-state index in [0.29, 0.717) is 19.3 Å². The molecular weight excluding hydrogens is 865 g/mol. The molecule has 0 fully saturated rings. The maximum atomic E-state index is 12.7. The van der Waals surface area contributed by atoms with Crippen molar-refractivity contribution < 1.29 is 28.6 Å². The summed E-state index contributed by atoms with van der Waals surface area (Å²) < 4.78 is 16.7. The van der Waals surface area contributed by atoms with E-state index >= 15 is 0 Å². The van der Waals surface area contributed by atoms with Crippen molar-refractivity contribution in [1.29, 1.82) is 0 Å². The molecule has 0 aliphatic heterocycles. The summed E-state index contributed by atoms with van der Waals surface area (Å²) in [5.74, 6) is -0.851. The molecule has 0 amide bonds. The summed E-state index contributed by atoms with van der Waals surface area (Å²) in [6.45, 7) is 6.63. The van der Waals surface area contributed by atoms with Crippen LogP contribution < -0.4 is 0 Å². The molecule has 0 saturated carbocycles. The molecule has 1 unspecified atom stereocenters. The van der Waals surface area contributed by atoms with Gasteiger partial charge in [0.25, 0.3) is 0 Å². The third-order valence-corrected chi connectivity index (χ3v) is 14.9. The Hall–Kier alpha value is -1.59. The number of esters is 3. The Bertz CT molecular complexity index is 1040. The zero-order valence-corrected chi connectivity index (χ0v) is 47.8. The van der Waals surface area contributed by atoms with Crippen LogP contribution in [0.3, 0.4) is 0 Å². The Labute approximate surface area is 438 Å². The highest BCUT2D eigenvalue weighted by Crippen LogP contribution is 2.19. The molecule has 0 bridgehead atoms. The summed E-state index contributed by atoms with van der Waals surface area (Å²) in [6, 6.07) is 0. The zero-order chi connectivity index (χ0) is 50.7. The van der Waals surface area contributed by atoms with E-state index < -0.39 is 6.10 Å². The normalized spacial score (nSPS) is 11.9. The van der Waals surface area contributed by atoms with Crippen LogP contribution in [0, 0.1) is 0 Å². The van der Waals surface area contributed by atoms with E-state index in [1.54, 1.807) is 0 Å². The van der Waals surface area contributed by atoms with Gasteiger partial charge in [0.05, 0.1) is 0 Å². The molecular formula is C64H124O6. The molecule has 0 aliphatic rings. The zero-order valence-electron chi connectivity index (χ0n) is 47.8. The summed E-state index contributed by atoms with van der Waals surface area (Å²) >= 11 is 0. The van der Waals surface area contributed by atoms with Crippen LogP contribution in [0.1, 0.15) is 374 Å². The Morgan fingerprint density at radius 1 is 0.229 bits per heavy atom. The first-order valence-electron chi connectivity index (χ1n) is 32.0. The summed E-state index contributed by atoms with van der Waals surface area (Å²) in [6.07, 6.45) is 69.0. The van der Waals surface area contributed by atoms with Crippen molar-refractivity contribution in [3.05, 3.63) is 0 Å². The second kappa shape index (κ2) is 60.0. The molecule has 0 heterocycles. The van der Waals surface area contributed by atoms with Crippen molar-refractivity contribution in [2.75, 3.05) is 13.2 Å². The number of unbranched alkanes of at least 4 members (excludes halogenated alkanes) is 49. The molecule has 1 atom stereocenters. The van der Waals surface area contributed by atoms with E-state index in [9.17, 15) is 14.4 Å². The molecule has 0 aromatic rings. The lowest BCUT2D eigenvalue weighted by molar-refractivity contribution is -0.167. The van der Waals surface area contributed by atoms with Crippen LogP contribution in [0.25, 0.3) is 0 Å². The van der Waals surface area contributed by atoms with Gasteiger partial charge in [-0.1, -0.05) is 335 Å². The number of rotatable bonds is 60.